The predicted molar refractivity (Wildman–Crippen MR) is 90.0 cm³/mol. The molecule has 7 nitrogen and oxygen atoms in total. The first kappa shape index (κ1) is 15.7. The Bertz CT molecular complexity index is 913. The summed E-state index contributed by atoms with van der Waals surface area (Å²) >= 11 is 1.43. The van der Waals surface area contributed by atoms with Crippen LogP contribution < -0.4 is 5.32 Å². The number of hydrogen-bond donors (Lipinski definition) is 1. The molecule has 0 atom stereocenters. The van der Waals surface area contributed by atoms with Crippen LogP contribution in [-0.4, -0.2) is 32.4 Å². The van der Waals surface area contributed by atoms with Crippen molar-refractivity contribution in [3.05, 3.63) is 59.7 Å². The van der Waals surface area contributed by atoms with Gasteiger partial charge in [-0.3, -0.25) is 4.79 Å². The summed E-state index contributed by atoms with van der Waals surface area (Å²) in [7, 11) is 0. The van der Waals surface area contributed by atoms with Crippen molar-refractivity contribution in [1.29, 1.82) is 5.26 Å². The van der Waals surface area contributed by atoms with Crippen LogP contribution in [0.5, 0.6) is 0 Å². The normalized spacial score (nSPS) is 10.2. The number of hydrogen-bond acceptors (Lipinski definition) is 6. The second-order valence-electron chi connectivity index (χ2n) is 4.77. The smallest absolute Gasteiger partial charge is 0.255 e. The molecule has 24 heavy (non-hydrogen) atoms. The van der Waals surface area contributed by atoms with Crippen LogP contribution in [-0.2, 0) is 0 Å². The molecule has 3 rings (SSSR count). The predicted octanol–water partition coefficient (Wildman–Crippen LogP) is 2.51. The van der Waals surface area contributed by atoms with Crippen molar-refractivity contribution in [2.24, 2.45) is 0 Å². The third-order valence-electron chi connectivity index (χ3n) is 3.25. The molecule has 3 aromatic rings. The number of thioether (sulfide) groups is 1. The Balaban J connectivity index is 1.81. The molecule has 1 N–H and O–H groups in total. The maximum absolute atomic E-state index is 12.3. The zero-order chi connectivity index (χ0) is 16.9. The van der Waals surface area contributed by atoms with Gasteiger partial charge in [-0.1, -0.05) is 17.8 Å². The average Bonchev–Trinajstić information content (AvgIpc) is 3.11. The van der Waals surface area contributed by atoms with E-state index in [-0.39, 0.29) is 5.91 Å². The van der Waals surface area contributed by atoms with Crippen LogP contribution in [0.15, 0.2) is 53.7 Å². The molecule has 0 saturated carbocycles. The van der Waals surface area contributed by atoms with E-state index in [1.807, 2.05) is 24.5 Å². The van der Waals surface area contributed by atoms with E-state index in [1.54, 1.807) is 41.1 Å². The van der Waals surface area contributed by atoms with Crippen LogP contribution >= 0.6 is 11.8 Å². The van der Waals surface area contributed by atoms with Crippen molar-refractivity contribution >= 4 is 23.4 Å². The Morgan fingerprint density at radius 1 is 1.25 bits per heavy atom. The standard InChI is InChI=1S/C16H12N6OS/c1-24-16-19-20-21-22(16)14-4-2-3-13(9-14)18-15(23)12-7-5-11(10-17)6-8-12/h2-9H,1H3,(H,18,23). The molecule has 1 heterocycles. The number of tetrazole rings is 1. The minimum Gasteiger partial charge on any atom is -0.322 e. The van der Waals surface area contributed by atoms with E-state index in [9.17, 15) is 4.79 Å². The Labute approximate surface area is 142 Å². The average molecular weight is 336 g/mol. The quantitative estimate of drug-likeness (QED) is 0.735. The van der Waals surface area contributed by atoms with Gasteiger partial charge in [0.1, 0.15) is 0 Å². The monoisotopic (exact) mass is 336 g/mol. The number of nitrogens with one attached hydrogen (secondary N) is 1. The molecule has 0 unspecified atom stereocenters. The number of aromatic nitrogens is 4. The molecular weight excluding hydrogens is 324 g/mol. The first-order valence-corrected chi connectivity index (χ1v) is 8.18. The Kier molecular flexibility index (Phi) is 4.54. The molecule has 0 bridgehead atoms. The van der Waals surface area contributed by atoms with Crippen molar-refractivity contribution < 1.29 is 4.79 Å². The van der Waals surface area contributed by atoms with Gasteiger partial charge in [-0.25, -0.2) is 0 Å². The van der Waals surface area contributed by atoms with Crippen LogP contribution in [0.3, 0.4) is 0 Å². The molecule has 0 aliphatic carbocycles. The zero-order valence-electron chi connectivity index (χ0n) is 12.7. The highest BCUT2D eigenvalue weighted by molar-refractivity contribution is 7.98. The van der Waals surface area contributed by atoms with Gasteiger partial charge in [0, 0.05) is 11.3 Å². The minimum absolute atomic E-state index is 0.251. The molecular formula is C16H12N6OS. The third kappa shape index (κ3) is 3.26. The van der Waals surface area contributed by atoms with E-state index >= 15 is 0 Å². The Morgan fingerprint density at radius 2 is 2.04 bits per heavy atom. The van der Waals surface area contributed by atoms with Gasteiger partial charge < -0.3 is 5.32 Å². The fourth-order valence-corrected chi connectivity index (χ4v) is 2.52. The second kappa shape index (κ2) is 6.93. The molecule has 0 aliphatic heterocycles. The van der Waals surface area contributed by atoms with E-state index in [1.165, 1.54) is 11.8 Å². The van der Waals surface area contributed by atoms with Crippen molar-refractivity contribution in [3.63, 3.8) is 0 Å². The van der Waals surface area contributed by atoms with Gasteiger partial charge in [0.25, 0.3) is 5.91 Å². The van der Waals surface area contributed by atoms with Gasteiger partial charge in [0.05, 0.1) is 17.3 Å². The molecule has 0 fully saturated rings. The summed E-state index contributed by atoms with van der Waals surface area (Å²) < 4.78 is 1.60. The van der Waals surface area contributed by atoms with Gasteiger partial charge >= 0.3 is 0 Å². The number of anilines is 1. The second-order valence-corrected chi connectivity index (χ2v) is 5.54. The van der Waals surface area contributed by atoms with Crippen molar-refractivity contribution in [2.75, 3.05) is 11.6 Å². The van der Waals surface area contributed by atoms with Gasteiger partial charge in [-0.2, -0.15) is 9.94 Å². The highest BCUT2D eigenvalue weighted by Gasteiger charge is 2.10. The number of nitrogens with zero attached hydrogens (tertiary/aromatic N) is 5. The Hall–Kier alpha value is -3.18. The molecule has 8 heteroatoms. The first-order valence-electron chi connectivity index (χ1n) is 6.95. The lowest BCUT2D eigenvalue weighted by molar-refractivity contribution is 0.102. The lowest BCUT2D eigenvalue weighted by Gasteiger charge is -2.08. The maximum Gasteiger partial charge on any atom is 0.255 e. The third-order valence-corrected chi connectivity index (χ3v) is 3.87. The SMILES string of the molecule is CSc1nnnn1-c1cccc(NC(=O)c2ccc(C#N)cc2)c1. The number of rotatable bonds is 4. The molecule has 0 aliphatic rings. The number of amides is 1. The summed E-state index contributed by atoms with van der Waals surface area (Å²) in [6.45, 7) is 0. The van der Waals surface area contributed by atoms with Crippen LogP contribution in [0.4, 0.5) is 5.69 Å². The summed E-state index contributed by atoms with van der Waals surface area (Å²) in [5.41, 5.74) is 2.37. The van der Waals surface area contributed by atoms with E-state index in [2.05, 4.69) is 20.8 Å². The van der Waals surface area contributed by atoms with Crippen molar-refractivity contribution in [2.45, 2.75) is 5.16 Å². The van der Waals surface area contributed by atoms with E-state index < -0.39 is 0 Å². The van der Waals surface area contributed by atoms with Gasteiger partial charge in [-0.15, -0.1) is 5.10 Å². The summed E-state index contributed by atoms with van der Waals surface area (Å²) in [6, 6.07) is 15.7. The van der Waals surface area contributed by atoms with Crippen LogP contribution in [0, 0.1) is 11.3 Å². The first-order chi connectivity index (χ1) is 11.7. The van der Waals surface area contributed by atoms with E-state index in [4.69, 9.17) is 5.26 Å². The number of carbonyl (C=O) groups is 1. The van der Waals surface area contributed by atoms with E-state index in [0.29, 0.717) is 22.0 Å². The lowest BCUT2D eigenvalue weighted by atomic mass is 10.1. The van der Waals surface area contributed by atoms with Crippen LogP contribution in [0.2, 0.25) is 0 Å². The highest BCUT2D eigenvalue weighted by Crippen LogP contribution is 2.19. The minimum atomic E-state index is -0.251. The maximum atomic E-state index is 12.3. The lowest BCUT2D eigenvalue weighted by Crippen LogP contribution is -2.12. The summed E-state index contributed by atoms with van der Waals surface area (Å²) in [6.07, 6.45) is 1.89. The van der Waals surface area contributed by atoms with E-state index in [0.717, 1.165) is 5.69 Å². The van der Waals surface area contributed by atoms with Gasteiger partial charge in [0.15, 0.2) is 0 Å². The highest BCUT2D eigenvalue weighted by atomic mass is 32.2. The fourth-order valence-electron chi connectivity index (χ4n) is 2.08. The summed E-state index contributed by atoms with van der Waals surface area (Å²) in [5, 5.41) is 23.8. The van der Waals surface area contributed by atoms with Crippen LogP contribution in [0.1, 0.15) is 15.9 Å². The topological polar surface area (TPSA) is 96.5 Å². The molecule has 1 aromatic heterocycles. The summed E-state index contributed by atoms with van der Waals surface area (Å²) in [5.74, 6) is -0.251. The van der Waals surface area contributed by atoms with Crippen LogP contribution in [0.25, 0.3) is 5.69 Å². The number of nitriles is 1. The van der Waals surface area contributed by atoms with Crippen molar-refractivity contribution in [3.8, 4) is 11.8 Å². The number of carbonyl (C=O) groups excluding carboxylic acids is 1. The fraction of sp³-hybridized carbons (Fsp3) is 0.0625. The molecule has 0 radical (unpaired) electrons. The molecule has 1 amide bonds. The summed E-state index contributed by atoms with van der Waals surface area (Å²) in [4.78, 5) is 12.3. The largest absolute Gasteiger partial charge is 0.322 e. The molecule has 2 aromatic carbocycles. The molecule has 0 spiro atoms. The zero-order valence-corrected chi connectivity index (χ0v) is 13.5. The van der Waals surface area contributed by atoms with Crippen molar-refractivity contribution in [1.82, 2.24) is 20.2 Å². The van der Waals surface area contributed by atoms with Gasteiger partial charge in [0.2, 0.25) is 5.16 Å². The molecule has 118 valence electrons. The molecule has 0 saturated heterocycles. The van der Waals surface area contributed by atoms with Gasteiger partial charge in [-0.05, 0) is 59.1 Å². The Morgan fingerprint density at radius 3 is 2.75 bits per heavy atom. The number of benzene rings is 2.